The van der Waals surface area contributed by atoms with Gasteiger partial charge in [-0.15, -0.1) is 11.8 Å². The van der Waals surface area contributed by atoms with E-state index in [1.54, 1.807) is 17.8 Å². The Hall–Kier alpha value is -1.48. The van der Waals surface area contributed by atoms with Gasteiger partial charge in [0.1, 0.15) is 5.82 Å². The Balaban J connectivity index is 2.16. The van der Waals surface area contributed by atoms with E-state index in [9.17, 15) is 4.39 Å². The number of halogens is 1. The first-order valence-corrected chi connectivity index (χ1v) is 6.79. The first-order valence-electron chi connectivity index (χ1n) is 5.80. The van der Waals surface area contributed by atoms with E-state index in [1.807, 2.05) is 32.0 Å². The average Bonchev–Trinajstić information content (AvgIpc) is 2.34. The van der Waals surface area contributed by atoms with Crippen LogP contribution in [0.2, 0.25) is 0 Å². The van der Waals surface area contributed by atoms with Gasteiger partial charge in [0.15, 0.2) is 0 Å². The van der Waals surface area contributed by atoms with Crippen LogP contribution < -0.4 is 5.73 Å². The maximum Gasteiger partial charge on any atom is 0.123 e. The lowest BCUT2D eigenvalue weighted by molar-refractivity contribution is 0.626. The summed E-state index contributed by atoms with van der Waals surface area (Å²) in [6.45, 7) is 4.03. The number of aryl methyl sites for hydroxylation is 2. The SMILES string of the molecule is Cc1ccc(N)c(SCc2cc(F)ccc2C)c1. The van der Waals surface area contributed by atoms with E-state index in [-0.39, 0.29) is 5.82 Å². The van der Waals surface area contributed by atoms with E-state index in [4.69, 9.17) is 5.73 Å². The van der Waals surface area contributed by atoms with Crippen LogP contribution in [0.5, 0.6) is 0 Å². The Morgan fingerprint density at radius 3 is 2.67 bits per heavy atom. The summed E-state index contributed by atoms with van der Waals surface area (Å²) in [5.74, 6) is 0.547. The lowest BCUT2D eigenvalue weighted by atomic mass is 10.1. The average molecular weight is 261 g/mol. The Kier molecular flexibility index (Phi) is 3.92. The van der Waals surface area contributed by atoms with Gasteiger partial charge in [0, 0.05) is 16.3 Å². The molecule has 0 amide bonds. The molecular formula is C15H16FNS. The number of anilines is 1. The fourth-order valence-electron chi connectivity index (χ4n) is 1.72. The smallest absolute Gasteiger partial charge is 0.123 e. The van der Waals surface area contributed by atoms with Crippen molar-refractivity contribution in [2.24, 2.45) is 0 Å². The highest BCUT2D eigenvalue weighted by Gasteiger charge is 2.04. The van der Waals surface area contributed by atoms with Gasteiger partial charge < -0.3 is 5.73 Å². The van der Waals surface area contributed by atoms with Crippen molar-refractivity contribution in [1.82, 2.24) is 0 Å². The molecule has 2 rings (SSSR count). The molecule has 0 spiro atoms. The van der Waals surface area contributed by atoms with Gasteiger partial charge in [0.2, 0.25) is 0 Å². The third kappa shape index (κ3) is 3.05. The van der Waals surface area contributed by atoms with Gasteiger partial charge in [0.25, 0.3) is 0 Å². The minimum atomic E-state index is -0.187. The first kappa shape index (κ1) is 13.0. The Labute approximate surface area is 111 Å². The second-order valence-electron chi connectivity index (χ2n) is 4.40. The van der Waals surface area contributed by atoms with Gasteiger partial charge in [-0.2, -0.15) is 0 Å². The van der Waals surface area contributed by atoms with E-state index in [2.05, 4.69) is 6.07 Å². The molecule has 0 bridgehead atoms. The van der Waals surface area contributed by atoms with Crippen molar-refractivity contribution in [2.45, 2.75) is 24.5 Å². The molecule has 0 radical (unpaired) electrons. The molecule has 0 fully saturated rings. The van der Waals surface area contributed by atoms with Crippen molar-refractivity contribution < 1.29 is 4.39 Å². The maximum atomic E-state index is 13.2. The molecule has 0 aliphatic heterocycles. The van der Waals surface area contributed by atoms with Crippen molar-refractivity contribution in [3.63, 3.8) is 0 Å². The molecule has 18 heavy (non-hydrogen) atoms. The zero-order chi connectivity index (χ0) is 13.1. The van der Waals surface area contributed by atoms with Crippen LogP contribution >= 0.6 is 11.8 Å². The number of hydrogen-bond donors (Lipinski definition) is 1. The Bertz CT molecular complexity index is 515. The number of benzene rings is 2. The van der Waals surface area contributed by atoms with Crippen molar-refractivity contribution in [1.29, 1.82) is 0 Å². The summed E-state index contributed by atoms with van der Waals surface area (Å²) in [5.41, 5.74) is 10.0. The van der Waals surface area contributed by atoms with Crippen LogP contribution in [-0.2, 0) is 5.75 Å². The predicted molar refractivity (Wildman–Crippen MR) is 76.3 cm³/mol. The van der Waals surface area contributed by atoms with Crippen molar-refractivity contribution in [3.05, 3.63) is 58.9 Å². The fraction of sp³-hybridized carbons (Fsp3) is 0.200. The van der Waals surface area contributed by atoms with Gasteiger partial charge in [-0.1, -0.05) is 12.1 Å². The van der Waals surface area contributed by atoms with Crippen LogP contribution in [0.3, 0.4) is 0 Å². The Morgan fingerprint density at radius 2 is 1.89 bits per heavy atom. The normalized spacial score (nSPS) is 10.6. The maximum absolute atomic E-state index is 13.2. The molecule has 1 nitrogen and oxygen atoms in total. The summed E-state index contributed by atoms with van der Waals surface area (Å²) in [6, 6.07) is 10.9. The molecule has 0 saturated heterocycles. The lowest BCUT2D eigenvalue weighted by Gasteiger charge is -2.08. The Morgan fingerprint density at radius 1 is 1.11 bits per heavy atom. The molecule has 3 heteroatoms. The quantitative estimate of drug-likeness (QED) is 0.658. The molecule has 0 aliphatic rings. The summed E-state index contributed by atoms with van der Waals surface area (Å²) in [4.78, 5) is 1.05. The summed E-state index contributed by atoms with van der Waals surface area (Å²) >= 11 is 1.65. The number of nitrogen functional groups attached to an aromatic ring is 1. The molecule has 2 aromatic rings. The number of nitrogens with two attached hydrogens (primary N) is 1. The molecule has 0 heterocycles. The molecule has 0 unspecified atom stereocenters. The summed E-state index contributed by atoms with van der Waals surface area (Å²) in [7, 11) is 0. The summed E-state index contributed by atoms with van der Waals surface area (Å²) in [5, 5.41) is 0. The molecular weight excluding hydrogens is 245 g/mol. The van der Waals surface area contributed by atoms with Gasteiger partial charge in [-0.05, 0) is 54.8 Å². The molecule has 0 saturated carbocycles. The lowest BCUT2D eigenvalue weighted by Crippen LogP contribution is -1.92. The van der Waals surface area contributed by atoms with Crippen LogP contribution in [0.4, 0.5) is 10.1 Å². The van der Waals surface area contributed by atoms with Gasteiger partial charge in [-0.3, -0.25) is 0 Å². The molecule has 0 aromatic heterocycles. The second kappa shape index (κ2) is 5.44. The fourth-order valence-corrected chi connectivity index (χ4v) is 2.84. The second-order valence-corrected chi connectivity index (χ2v) is 5.42. The standard InChI is InChI=1S/C15H16FNS/c1-10-3-6-14(17)15(7-10)18-9-12-8-13(16)5-4-11(12)2/h3-8H,9,17H2,1-2H3. The number of thioether (sulfide) groups is 1. The van der Waals surface area contributed by atoms with E-state index in [0.29, 0.717) is 0 Å². The van der Waals surface area contributed by atoms with E-state index in [1.165, 1.54) is 11.6 Å². The zero-order valence-corrected chi connectivity index (χ0v) is 11.4. The third-order valence-electron chi connectivity index (χ3n) is 2.86. The summed E-state index contributed by atoms with van der Waals surface area (Å²) in [6.07, 6.45) is 0. The minimum Gasteiger partial charge on any atom is -0.398 e. The van der Waals surface area contributed by atoms with Gasteiger partial charge >= 0.3 is 0 Å². The van der Waals surface area contributed by atoms with Crippen LogP contribution in [-0.4, -0.2) is 0 Å². The molecule has 0 aliphatic carbocycles. The molecule has 0 atom stereocenters. The topological polar surface area (TPSA) is 26.0 Å². The van der Waals surface area contributed by atoms with Crippen molar-refractivity contribution in [2.75, 3.05) is 5.73 Å². The third-order valence-corrected chi connectivity index (χ3v) is 3.98. The summed E-state index contributed by atoms with van der Waals surface area (Å²) < 4.78 is 13.2. The van der Waals surface area contributed by atoms with Gasteiger partial charge in [-0.25, -0.2) is 4.39 Å². The number of rotatable bonds is 3. The minimum absolute atomic E-state index is 0.187. The molecule has 2 aromatic carbocycles. The van der Waals surface area contributed by atoms with Crippen LogP contribution in [0.1, 0.15) is 16.7 Å². The predicted octanol–water partition coefficient (Wildman–Crippen LogP) is 4.32. The van der Waals surface area contributed by atoms with E-state index in [0.717, 1.165) is 27.5 Å². The zero-order valence-electron chi connectivity index (χ0n) is 10.5. The highest BCUT2D eigenvalue weighted by molar-refractivity contribution is 7.98. The monoisotopic (exact) mass is 261 g/mol. The molecule has 2 N–H and O–H groups in total. The van der Waals surface area contributed by atoms with E-state index < -0.39 is 0 Å². The van der Waals surface area contributed by atoms with Gasteiger partial charge in [0.05, 0.1) is 0 Å². The van der Waals surface area contributed by atoms with E-state index >= 15 is 0 Å². The van der Waals surface area contributed by atoms with Crippen molar-refractivity contribution in [3.8, 4) is 0 Å². The highest BCUT2D eigenvalue weighted by atomic mass is 32.2. The first-order chi connectivity index (χ1) is 8.56. The largest absolute Gasteiger partial charge is 0.398 e. The van der Waals surface area contributed by atoms with Crippen molar-refractivity contribution >= 4 is 17.4 Å². The van der Waals surface area contributed by atoms with Crippen LogP contribution in [0, 0.1) is 19.7 Å². The highest BCUT2D eigenvalue weighted by Crippen LogP contribution is 2.30. The number of hydrogen-bond acceptors (Lipinski definition) is 2. The van der Waals surface area contributed by atoms with Crippen LogP contribution in [0.15, 0.2) is 41.3 Å². The van der Waals surface area contributed by atoms with Crippen LogP contribution in [0.25, 0.3) is 0 Å². The molecule has 94 valence electrons.